The van der Waals surface area contributed by atoms with Crippen molar-refractivity contribution in [1.29, 1.82) is 0 Å². The first-order valence-corrected chi connectivity index (χ1v) is 10.2. The smallest absolute Gasteiger partial charge is 0.358 e. The summed E-state index contributed by atoms with van der Waals surface area (Å²) in [5, 5.41) is 15.1. The van der Waals surface area contributed by atoms with Crippen LogP contribution in [0, 0.1) is 6.92 Å². The third-order valence-corrected chi connectivity index (χ3v) is 5.84. The number of rotatable bonds is 4. The maximum atomic E-state index is 12.5. The lowest BCUT2D eigenvalue weighted by atomic mass is 9.98. The summed E-state index contributed by atoms with van der Waals surface area (Å²) in [6, 6.07) is 15.6. The molecule has 0 amide bonds. The molecule has 3 aromatic rings. The third kappa shape index (κ3) is 3.23. The van der Waals surface area contributed by atoms with Crippen LogP contribution in [0.25, 0.3) is 10.8 Å². The van der Waals surface area contributed by atoms with Crippen molar-refractivity contribution < 1.29 is 22.5 Å². The summed E-state index contributed by atoms with van der Waals surface area (Å²) in [7, 11) is -4.03. The molecule has 3 aromatic carbocycles. The van der Waals surface area contributed by atoms with Gasteiger partial charge in [0.05, 0.1) is 12.2 Å². The minimum absolute atomic E-state index is 0.0414. The maximum Gasteiger partial charge on any atom is 0.358 e. The van der Waals surface area contributed by atoms with E-state index in [4.69, 9.17) is 9.02 Å². The Kier molecular flexibility index (Phi) is 4.56. The van der Waals surface area contributed by atoms with Crippen LogP contribution in [0.1, 0.15) is 23.6 Å². The van der Waals surface area contributed by atoms with E-state index in [0.717, 1.165) is 21.9 Å². The van der Waals surface area contributed by atoms with Gasteiger partial charge in [0.25, 0.3) is 0 Å². The fraction of sp³-hybridized carbons (Fsp3) is 0.190. The summed E-state index contributed by atoms with van der Waals surface area (Å²) < 4.78 is 35.8. The molecule has 6 nitrogen and oxygen atoms in total. The Labute approximate surface area is 163 Å². The van der Waals surface area contributed by atoms with Crippen LogP contribution < -0.4 is 4.74 Å². The third-order valence-electron chi connectivity index (χ3n) is 4.72. The highest BCUT2D eigenvalue weighted by Crippen LogP contribution is 2.36. The maximum absolute atomic E-state index is 12.5. The topological polar surface area (TPSA) is 85.2 Å². The molecule has 1 aliphatic rings. The largest absolute Gasteiger partial charge is 0.484 e. The molecule has 144 valence electrons. The van der Waals surface area contributed by atoms with Crippen LogP contribution in [-0.2, 0) is 21.0 Å². The Bertz CT molecular complexity index is 1180. The zero-order chi connectivity index (χ0) is 19.9. The molecule has 0 bridgehead atoms. The van der Waals surface area contributed by atoms with E-state index in [1.54, 1.807) is 19.1 Å². The number of nitrogens with zero attached hydrogens (tertiary/aromatic N) is 1. The van der Waals surface area contributed by atoms with Gasteiger partial charge in [-0.1, -0.05) is 41.1 Å². The molecule has 7 heteroatoms. The first-order chi connectivity index (χ1) is 13.4. The number of ether oxygens (including phenoxy) is 1. The lowest BCUT2D eigenvalue weighted by Gasteiger charge is -2.07. The van der Waals surface area contributed by atoms with Crippen LogP contribution in [0.4, 0.5) is 0 Å². The molecule has 1 N–H and O–H groups in total. The fourth-order valence-electron chi connectivity index (χ4n) is 3.23. The lowest BCUT2D eigenvalue weighted by molar-refractivity contribution is 0.282. The van der Waals surface area contributed by atoms with Crippen LogP contribution in [-0.4, -0.2) is 25.3 Å². The summed E-state index contributed by atoms with van der Waals surface area (Å²) in [6.07, 6.45) is -0.452. The van der Waals surface area contributed by atoms with E-state index >= 15 is 0 Å². The van der Waals surface area contributed by atoms with Gasteiger partial charge in [0.1, 0.15) is 22.5 Å². The van der Waals surface area contributed by atoms with Gasteiger partial charge in [0, 0.05) is 0 Å². The predicted molar refractivity (Wildman–Crippen MR) is 106 cm³/mol. The van der Waals surface area contributed by atoms with Crippen LogP contribution in [0.2, 0.25) is 0 Å². The number of aryl methyl sites for hydroxylation is 1. The zero-order valence-electron chi connectivity index (χ0n) is 15.4. The molecule has 1 heterocycles. The van der Waals surface area contributed by atoms with Gasteiger partial charge in [-0.3, -0.25) is 4.28 Å². The van der Waals surface area contributed by atoms with Crippen molar-refractivity contribution in [2.75, 3.05) is 0 Å². The normalized spacial score (nSPS) is 17.5. The van der Waals surface area contributed by atoms with Crippen molar-refractivity contribution in [2.24, 2.45) is 5.16 Å². The number of aliphatic hydroxyl groups excluding tert-OH is 1. The Morgan fingerprint density at radius 3 is 2.57 bits per heavy atom. The Morgan fingerprint density at radius 1 is 1.11 bits per heavy atom. The molecule has 0 spiro atoms. The molecule has 28 heavy (non-hydrogen) atoms. The molecule has 1 unspecified atom stereocenters. The van der Waals surface area contributed by atoms with Crippen LogP contribution >= 0.6 is 0 Å². The number of oxime groups is 1. The summed E-state index contributed by atoms with van der Waals surface area (Å²) in [5.41, 5.74) is 2.85. The van der Waals surface area contributed by atoms with Crippen molar-refractivity contribution in [3.05, 3.63) is 71.3 Å². The van der Waals surface area contributed by atoms with Crippen LogP contribution in [0.15, 0.2) is 64.6 Å². The highest BCUT2D eigenvalue weighted by Gasteiger charge is 2.30. The van der Waals surface area contributed by atoms with Crippen LogP contribution in [0.5, 0.6) is 5.75 Å². The summed E-state index contributed by atoms with van der Waals surface area (Å²) >= 11 is 0. The fourth-order valence-corrected chi connectivity index (χ4v) is 3.96. The SMILES string of the molecule is Cc1ccc(S(=O)(=O)O/N=C2/c3c(ccc4cc(CO)ccc34)OC2C)cc1. The number of aliphatic hydroxyl groups is 1. The number of hydrogen-bond donors (Lipinski definition) is 1. The number of fused-ring (bicyclic) bond motifs is 3. The summed E-state index contributed by atoms with van der Waals surface area (Å²) in [4.78, 5) is 0.0414. The molecular weight excluding hydrogens is 378 g/mol. The van der Waals surface area contributed by atoms with Gasteiger partial charge in [-0.2, -0.15) is 8.42 Å². The average molecular weight is 397 g/mol. The van der Waals surface area contributed by atoms with E-state index in [1.807, 2.05) is 37.3 Å². The highest BCUT2D eigenvalue weighted by molar-refractivity contribution is 7.86. The van der Waals surface area contributed by atoms with Crippen molar-refractivity contribution in [2.45, 2.75) is 31.5 Å². The second-order valence-corrected chi connectivity index (χ2v) is 8.26. The summed E-state index contributed by atoms with van der Waals surface area (Å²) in [6.45, 7) is 3.60. The molecule has 0 aliphatic carbocycles. The van der Waals surface area contributed by atoms with E-state index in [9.17, 15) is 13.5 Å². The second kappa shape index (κ2) is 6.92. The Balaban J connectivity index is 1.75. The van der Waals surface area contributed by atoms with Crippen molar-refractivity contribution in [1.82, 2.24) is 0 Å². The molecular formula is C21H19NO5S. The number of benzene rings is 3. The first kappa shape index (κ1) is 18.5. The predicted octanol–water partition coefficient (Wildman–Crippen LogP) is 3.53. The number of hydrogen-bond acceptors (Lipinski definition) is 6. The second-order valence-electron chi connectivity index (χ2n) is 6.73. The Morgan fingerprint density at radius 2 is 1.86 bits per heavy atom. The lowest BCUT2D eigenvalue weighted by Crippen LogP contribution is -2.18. The molecule has 0 aromatic heterocycles. The molecule has 1 atom stereocenters. The van der Waals surface area contributed by atoms with Crippen molar-refractivity contribution in [3.8, 4) is 5.75 Å². The van der Waals surface area contributed by atoms with Gasteiger partial charge < -0.3 is 9.84 Å². The van der Waals surface area contributed by atoms with Gasteiger partial charge in [-0.05, 0) is 54.4 Å². The van der Waals surface area contributed by atoms with E-state index < -0.39 is 16.2 Å². The molecule has 1 aliphatic heterocycles. The monoisotopic (exact) mass is 397 g/mol. The molecule has 0 fully saturated rings. The van der Waals surface area contributed by atoms with Gasteiger partial charge >= 0.3 is 10.1 Å². The summed E-state index contributed by atoms with van der Waals surface area (Å²) in [5.74, 6) is 0.617. The van der Waals surface area contributed by atoms with Crippen molar-refractivity contribution >= 4 is 26.6 Å². The van der Waals surface area contributed by atoms with Crippen molar-refractivity contribution in [3.63, 3.8) is 0 Å². The van der Waals surface area contributed by atoms with Gasteiger partial charge in [-0.25, -0.2) is 0 Å². The zero-order valence-corrected chi connectivity index (χ0v) is 16.2. The minimum Gasteiger partial charge on any atom is -0.484 e. The van der Waals surface area contributed by atoms with Gasteiger partial charge in [0.2, 0.25) is 0 Å². The minimum atomic E-state index is -4.03. The van der Waals surface area contributed by atoms with E-state index in [-0.39, 0.29) is 11.5 Å². The molecule has 4 rings (SSSR count). The molecule has 0 saturated heterocycles. The van der Waals surface area contributed by atoms with Gasteiger partial charge in [0.15, 0.2) is 0 Å². The van der Waals surface area contributed by atoms with E-state index in [2.05, 4.69) is 5.16 Å². The average Bonchev–Trinajstić information content (AvgIpc) is 3.01. The quantitative estimate of drug-likeness (QED) is 0.681. The van der Waals surface area contributed by atoms with E-state index in [1.165, 1.54) is 12.1 Å². The molecule has 0 saturated carbocycles. The van der Waals surface area contributed by atoms with E-state index in [0.29, 0.717) is 17.0 Å². The first-order valence-electron chi connectivity index (χ1n) is 8.81. The van der Waals surface area contributed by atoms with Gasteiger partial charge in [-0.15, -0.1) is 0 Å². The van der Waals surface area contributed by atoms with Crippen LogP contribution in [0.3, 0.4) is 0 Å². The highest BCUT2D eigenvalue weighted by atomic mass is 32.2. The standard InChI is InChI=1S/C21H19NO5S/c1-13-3-7-17(8-4-13)28(24,25)27-22-21-14(2)26-19-10-6-16-11-15(12-23)5-9-18(16)20(19)21/h3-11,14,23H,12H2,1-2H3/b22-21+. The molecule has 0 radical (unpaired) electrons. The Hall–Kier alpha value is -2.90.